The molecule has 20 heavy (non-hydrogen) atoms. The Labute approximate surface area is 122 Å². The molecule has 1 saturated carbocycles. The van der Waals surface area contributed by atoms with Gasteiger partial charge in [-0.3, -0.25) is 4.79 Å². The topological polar surface area (TPSA) is 52.6 Å². The van der Waals surface area contributed by atoms with Gasteiger partial charge in [0.25, 0.3) is 0 Å². The lowest BCUT2D eigenvalue weighted by Gasteiger charge is -2.32. The first kappa shape index (κ1) is 15.8. The van der Waals surface area contributed by atoms with Crippen LogP contribution in [0.5, 0.6) is 0 Å². The largest absolute Gasteiger partial charge is 0.389 e. The second-order valence-electron chi connectivity index (χ2n) is 6.63. The molecule has 0 aromatic rings. The highest BCUT2D eigenvalue weighted by atomic mass is 16.3. The zero-order chi connectivity index (χ0) is 14.4. The van der Waals surface area contributed by atoms with E-state index in [9.17, 15) is 9.90 Å². The molecule has 2 fully saturated rings. The maximum Gasteiger partial charge on any atom is 0.239 e. The van der Waals surface area contributed by atoms with Crippen LogP contribution >= 0.6 is 0 Å². The van der Waals surface area contributed by atoms with Crippen molar-refractivity contribution in [2.45, 2.75) is 76.4 Å². The van der Waals surface area contributed by atoms with Crippen LogP contribution in [0.1, 0.15) is 64.7 Å². The minimum absolute atomic E-state index is 0.180. The van der Waals surface area contributed by atoms with Crippen molar-refractivity contribution >= 4 is 5.91 Å². The molecule has 0 bridgehead atoms. The van der Waals surface area contributed by atoms with Gasteiger partial charge in [-0.25, -0.2) is 0 Å². The Morgan fingerprint density at radius 3 is 2.25 bits per heavy atom. The lowest BCUT2D eigenvalue weighted by Crippen LogP contribution is -2.51. The maximum absolute atomic E-state index is 12.3. The van der Waals surface area contributed by atoms with Crippen molar-refractivity contribution in [3.63, 3.8) is 0 Å². The number of carbonyl (C=O) groups excluding carboxylic acids is 1. The minimum Gasteiger partial charge on any atom is -0.389 e. The van der Waals surface area contributed by atoms with Crippen molar-refractivity contribution < 1.29 is 9.90 Å². The summed E-state index contributed by atoms with van der Waals surface area (Å²) < 4.78 is 0. The third-order valence-corrected chi connectivity index (χ3v) is 4.81. The molecule has 1 aliphatic heterocycles. The van der Waals surface area contributed by atoms with Crippen LogP contribution in [0.15, 0.2) is 0 Å². The van der Waals surface area contributed by atoms with Crippen LogP contribution in [0, 0.1) is 0 Å². The minimum atomic E-state index is -0.604. The zero-order valence-electron chi connectivity index (χ0n) is 12.9. The first-order valence-corrected chi connectivity index (χ1v) is 8.35. The van der Waals surface area contributed by atoms with Gasteiger partial charge >= 0.3 is 0 Å². The molecule has 4 heteroatoms. The summed E-state index contributed by atoms with van der Waals surface area (Å²) in [5.74, 6) is 0.196. The smallest absolute Gasteiger partial charge is 0.239 e. The summed E-state index contributed by atoms with van der Waals surface area (Å²) in [7, 11) is 0. The monoisotopic (exact) mass is 282 g/mol. The van der Waals surface area contributed by atoms with E-state index in [0.29, 0.717) is 6.54 Å². The fourth-order valence-electron chi connectivity index (χ4n) is 3.38. The van der Waals surface area contributed by atoms with E-state index >= 15 is 0 Å². The summed E-state index contributed by atoms with van der Waals surface area (Å²) >= 11 is 0. The van der Waals surface area contributed by atoms with E-state index in [0.717, 1.165) is 51.6 Å². The molecule has 1 aliphatic carbocycles. The molecular weight excluding hydrogens is 252 g/mol. The van der Waals surface area contributed by atoms with Crippen molar-refractivity contribution in [1.29, 1.82) is 0 Å². The average Bonchev–Trinajstić information content (AvgIpc) is 2.70. The number of piperidine rings is 1. The van der Waals surface area contributed by atoms with Gasteiger partial charge in [0.05, 0.1) is 11.6 Å². The number of nitrogens with zero attached hydrogens (tertiary/aromatic N) is 1. The highest BCUT2D eigenvalue weighted by Crippen LogP contribution is 2.26. The number of likely N-dealkylation sites (tertiary alicyclic amines) is 1. The van der Waals surface area contributed by atoms with Gasteiger partial charge in [-0.1, -0.05) is 25.7 Å². The van der Waals surface area contributed by atoms with Crippen molar-refractivity contribution in [2.24, 2.45) is 0 Å². The van der Waals surface area contributed by atoms with Crippen LogP contribution in [0.25, 0.3) is 0 Å². The number of amides is 1. The molecule has 0 spiro atoms. The molecule has 1 heterocycles. The second-order valence-corrected chi connectivity index (χ2v) is 6.63. The fourth-order valence-corrected chi connectivity index (χ4v) is 3.38. The van der Waals surface area contributed by atoms with Gasteiger partial charge in [0.1, 0.15) is 0 Å². The van der Waals surface area contributed by atoms with Crippen molar-refractivity contribution in [3.05, 3.63) is 0 Å². The van der Waals surface area contributed by atoms with Crippen LogP contribution in [-0.2, 0) is 4.79 Å². The summed E-state index contributed by atoms with van der Waals surface area (Å²) in [6.45, 7) is 4.27. The van der Waals surface area contributed by atoms with Gasteiger partial charge in [0.2, 0.25) is 5.91 Å². The molecule has 0 aromatic carbocycles. The van der Waals surface area contributed by atoms with Crippen LogP contribution in [0.2, 0.25) is 0 Å². The summed E-state index contributed by atoms with van der Waals surface area (Å²) in [6, 6.07) is -0.180. The van der Waals surface area contributed by atoms with E-state index < -0.39 is 5.60 Å². The molecule has 1 saturated heterocycles. The van der Waals surface area contributed by atoms with Gasteiger partial charge in [-0.2, -0.15) is 0 Å². The zero-order valence-corrected chi connectivity index (χ0v) is 12.9. The molecule has 2 aliphatic rings. The Balaban J connectivity index is 1.78. The van der Waals surface area contributed by atoms with Crippen molar-refractivity contribution in [1.82, 2.24) is 10.2 Å². The van der Waals surface area contributed by atoms with Crippen LogP contribution in [0.4, 0.5) is 0 Å². The second kappa shape index (κ2) is 7.41. The van der Waals surface area contributed by atoms with Crippen molar-refractivity contribution in [3.8, 4) is 0 Å². The Morgan fingerprint density at radius 1 is 1.10 bits per heavy atom. The number of aliphatic hydroxyl groups is 1. The number of rotatable bonds is 4. The van der Waals surface area contributed by atoms with E-state index in [-0.39, 0.29) is 11.9 Å². The predicted octanol–water partition coefficient (Wildman–Crippen LogP) is 2.06. The van der Waals surface area contributed by atoms with Gasteiger partial charge < -0.3 is 15.3 Å². The average molecular weight is 282 g/mol. The molecule has 1 amide bonds. The molecule has 4 nitrogen and oxygen atoms in total. The first-order valence-electron chi connectivity index (χ1n) is 8.35. The lowest BCUT2D eigenvalue weighted by atomic mass is 9.94. The van der Waals surface area contributed by atoms with E-state index in [1.165, 1.54) is 19.3 Å². The quantitative estimate of drug-likeness (QED) is 0.776. The predicted molar refractivity (Wildman–Crippen MR) is 80.5 cm³/mol. The number of nitrogens with one attached hydrogen (secondary N) is 1. The number of carbonyl (C=O) groups is 1. The van der Waals surface area contributed by atoms with E-state index in [1.807, 2.05) is 11.8 Å². The molecule has 0 aromatic heterocycles. The number of hydrogen-bond donors (Lipinski definition) is 2. The Kier molecular flexibility index (Phi) is 5.85. The highest BCUT2D eigenvalue weighted by Gasteiger charge is 2.30. The highest BCUT2D eigenvalue weighted by molar-refractivity contribution is 5.81. The maximum atomic E-state index is 12.3. The Hall–Kier alpha value is -0.610. The summed E-state index contributed by atoms with van der Waals surface area (Å²) in [4.78, 5) is 14.3. The van der Waals surface area contributed by atoms with E-state index in [4.69, 9.17) is 0 Å². The van der Waals surface area contributed by atoms with Crippen LogP contribution in [-0.4, -0.2) is 47.2 Å². The molecular formula is C16H30N2O2. The first-order chi connectivity index (χ1) is 9.61. The van der Waals surface area contributed by atoms with Gasteiger partial charge in [0, 0.05) is 19.6 Å². The van der Waals surface area contributed by atoms with Gasteiger partial charge in [0.15, 0.2) is 0 Å². The molecule has 2 N–H and O–H groups in total. The molecule has 2 rings (SSSR count). The lowest BCUT2D eigenvalue weighted by molar-refractivity contribution is -0.134. The summed E-state index contributed by atoms with van der Waals surface area (Å²) in [5, 5.41) is 13.9. The van der Waals surface area contributed by atoms with Crippen LogP contribution < -0.4 is 5.32 Å². The fraction of sp³-hybridized carbons (Fsp3) is 0.938. The molecule has 116 valence electrons. The number of hydrogen-bond acceptors (Lipinski definition) is 3. The van der Waals surface area contributed by atoms with Crippen LogP contribution in [0.3, 0.4) is 0 Å². The van der Waals surface area contributed by atoms with Gasteiger partial charge in [-0.05, 0) is 39.0 Å². The SMILES string of the molecule is CC(NCC1(O)CCCCCC1)C(=O)N1CCCCC1. The van der Waals surface area contributed by atoms with E-state index in [2.05, 4.69) is 5.32 Å². The Bertz CT molecular complexity index is 306. The van der Waals surface area contributed by atoms with Gasteiger partial charge in [-0.15, -0.1) is 0 Å². The molecule has 1 unspecified atom stereocenters. The molecule has 0 radical (unpaired) electrons. The Morgan fingerprint density at radius 2 is 1.65 bits per heavy atom. The molecule has 1 atom stereocenters. The summed E-state index contributed by atoms with van der Waals surface area (Å²) in [5.41, 5.74) is -0.604. The standard InChI is InChI=1S/C16H30N2O2/c1-14(15(19)18-11-7-4-8-12-18)17-13-16(20)9-5-2-3-6-10-16/h14,17,20H,2-13H2,1H3. The third kappa shape index (κ3) is 4.45. The summed E-state index contributed by atoms with van der Waals surface area (Å²) in [6.07, 6.45) is 9.89. The van der Waals surface area contributed by atoms with E-state index in [1.54, 1.807) is 0 Å². The third-order valence-electron chi connectivity index (χ3n) is 4.81. The van der Waals surface area contributed by atoms with Crippen molar-refractivity contribution in [2.75, 3.05) is 19.6 Å². The normalized spacial score (nSPS) is 25.0.